The molecule has 0 unspecified atom stereocenters. The maximum absolute atomic E-state index is 13.8. The highest BCUT2D eigenvalue weighted by molar-refractivity contribution is 7.18. The van der Waals surface area contributed by atoms with Crippen molar-refractivity contribution in [3.8, 4) is 10.4 Å². The summed E-state index contributed by atoms with van der Waals surface area (Å²) in [5, 5.41) is 9.27. The van der Waals surface area contributed by atoms with Crippen LogP contribution >= 0.6 is 22.9 Å². The van der Waals surface area contributed by atoms with Crippen LogP contribution in [0.25, 0.3) is 10.4 Å². The minimum absolute atomic E-state index is 0.0249. The molecule has 1 aromatic heterocycles. The molecule has 2 rings (SSSR count). The zero-order valence-corrected chi connectivity index (χ0v) is 10.9. The quantitative estimate of drug-likeness (QED) is 0.882. The van der Waals surface area contributed by atoms with E-state index in [9.17, 15) is 9.18 Å². The zero-order chi connectivity index (χ0) is 13.4. The van der Waals surface area contributed by atoms with Crippen LogP contribution in [0, 0.1) is 12.7 Å². The van der Waals surface area contributed by atoms with Crippen molar-refractivity contribution < 1.29 is 14.3 Å². The fourth-order valence-electron chi connectivity index (χ4n) is 1.62. The Labute approximate surface area is 112 Å². The van der Waals surface area contributed by atoms with Gasteiger partial charge in [-0.15, -0.1) is 11.3 Å². The van der Waals surface area contributed by atoms with Gasteiger partial charge in [0.05, 0.1) is 5.69 Å². The Morgan fingerprint density at radius 2 is 2.17 bits per heavy atom. The highest BCUT2D eigenvalue weighted by atomic mass is 35.5. The van der Waals surface area contributed by atoms with Gasteiger partial charge < -0.3 is 10.8 Å². The lowest BCUT2D eigenvalue weighted by molar-refractivity contribution is 0.0703. The van der Waals surface area contributed by atoms with E-state index < -0.39 is 11.8 Å². The van der Waals surface area contributed by atoms with E-state index in [2.05, 4.69) is 0 Å². The molecule has 0 aliphatic carbocycles. The van der Waals surface area contributed by atoms with Crippen LogP contribution in [-0.4, -0.2) is 11.1 Å². The number of nitrogen functional groups attached to an aromatic ring is 1. The second kappa shape index (κ2) is 4.59. The van der Waals surface area contributed by atoms with Crippen molar-refractivity contribution in [2.45, 2.75) is 6.92 Å². The molecule has 0 saturated carbocycles. The largest absolute Gasteiger partial charge is 0.477 e. The van der Waals surface area contributed by atoms with E-state index in [1.807, 2.05) is 0 Å². The van der Waals surface area contributed by atoms with Crippen LogP contribution in [-0.2, 0) is 0 Å². The molecule has 0 atom stereocenters. The van der Waals surface area contributed by atoms with Gasteiger partial charge in [-0.3, -0.25) is 0 Å². The van der Waals surface area contributed by atoms with Gasteiger partial charge in [0.25, 0.3) is 0 Å². The van der Waals surface area contributed by atoms with Crippen molar-refractivity contribution in [3.05, 3.63) is 39.5 Å². The molecule has 0 bridgehead atoms. The Bertz CT molecular complexity index is 639. The molecule has 0 fully saturated rings. The van der Waals surface area contributed by atoms with E-state index in [4.69, 9.17) is 22.4 Å². The minimum Gasteiger partial charge on any atom is -0.477 e. The summed E-state index contributed by atoms with van der Waals surface area (Å²) >= 11 is 6.64. The summed E-state index contributed by atoms with van der Waals surface area (Å²) in [6.45, 7) is 1.67. The Balaban J connectivity index is 2.64. The first-order valence-corrected chi connectivity index (χ1v) is 6.19. The Kier molecular flexibility index (Phi) is 3.28. The van der Waals surface area contributed by atoms with Gasteiger partial charge in [-0.05, 0) is 30.7 Å². The van der Waals surface area contributed by atoms with Crippen molar-refractivity contribution in [1.29, 1.82) is 0 Å². The Morgan fingerprint density at radius 3 is 2.67 bits per heavy atom. The monoisotopic (exact) mass is 285 g/mol. The number of halogens is 2. The van der Waals surface area contributed by atoms with Crippen LogP contribution in [0.5, 0.6) is 0 Å². The van der Waals surface area contributed by atoms with E-state index in [0.717, 1.165) is 11.3 Å². The standard InChI is InChI=1S/C12H9ClFNO2S/c1-5-9(15)11(12(16)17)18-10(5)7-3-2-6(13)4-8(7)14/h2-4H,15H2,1H3,(H,16,17). The summed E-state index contributed by atoms with van der Waals surface area (Å²) in [7, 11) is 0. The molecule has 0 amide bonds. The van der Waals surface area contributed by atoms with E-state index in [1.165, 1.54) is 12.1 Å². The van der Waals surface area contributed by atoms with Crippen molar-refractivity contribution in [2.24, 2.45) is 0 Å². The van der Waals surface area contributed by atoms with E-state index >= 15 is 0 Å². The smallest absolute Gasteiger partial charge is 0.348 e. The second-order valence-corrected chi connectivity index (χ2v) is 5.19. The number of carboxylic acids is 1. The average molecular weight is 286 g/mol. The fourth-order valence-corrected chi connectivity index (χ4v) is 2.87. The average Bonchev–Trinajstić information content (AvgIpc) is 2.57. The van der Waals surface area contributed by atoms with E-state index in [0.29, 0.717) is 16.0 Å². The van der Waals surface area contributed by atoms with E-state index in [1.54, 1.807) is 13.0 Å². The number of nitrogens with two attached hydrogens (primary N) is 1. The first-order valence-electron chi connectivity index (χ1n) is 4.99. The fraction of sp³-hybridized carbons (Fsp3) is 0.0833. The molecule has 0 aliphatic heterocycles. The second-order valence-electron chi connectivity index (χ2n) is 3.73. The molecule has 94 valence electrons. The summed E-state index contributed by atoms with van der Waals surface area (Å²) in [4.78, 5) is 11.5. The molecule has 0 saturated heterocycles. The maximum Gasteiger partial charge on any atom is 0.348 e. The number of hydrogen-bond acceptors (Lipinski definition) is 3. The molecular weight excluding hydrogens is 277 g/mol. The molecular formula is C12H9ClFNO2S. The normalized spacial score (nSPS) is 10.6. The van der Waals surface area contributed by atoms with Crippen molar-refractivity contribution in [2.75, 3.05) is 5.73 Å². The lowest BCUT2D eigenvalue weighted by Gasteiger charge is -2.02. The van der Waals surface area contributed by atoms with Gasteiger partial charge in [0.1, 0.15) is 10.7 Å². The zero-order valence-electron chi connectivity index (χ0n) is 9.33. The minimum atomic E-state index is -1.11. The van der Waals surface area contributed by atoms with Crippen LogP contribution in [0.15, 0.2) is 18.2 Å². The summed E-state index contributed by atoms with van der Waals surface area (Å²) in [6.07, 6.45) is 0. The van der Waals surface area contributed by atoms with Crippen LogP contribution in [0.3, 0.4) is 0 Å². The molecule has 6 heteroatoms. The van der Waals surface area contributed by atoms with Gasteiger partial charge in [-0.2, -0.15) is 0 Å². The number of hydrogen-bond donors (Lipinski definition) is 2. The number of thiophene rings is 1. The molecule has 3 N–H and O–H groups in total. The third kappa shape index (κ3) is 2.07. The van der Waals surface area contributed by atoms with Crippen molar-refractivity contribution in [3.63, 3.8) is 0 Å². The summed E-state index contributed by atoms with van der Waals surface area (Å²) in [5.74, 6) is -1.61. The number of anilines is 1. The van der Waals surface area contributed by atoms with Gasteiger partial charge in [-0.25, -0.2) is 9.18 Å². The summed E-state index contributed by atoms with van der Waals surface area (Å²) in [6, 6.07) is 4.25. The summed E-state index contributed by atoms with van der Waals surface area (Å²) < 4.78 is 13.8. The molecule has 3 nitrogen and oxygen atoms in total. The molecule has 1 heterocycles. The van der Waals surface area contributed by atoms with Gasteiger partial charge >= 0.3 is 5.97 Å². The lowest BCUT2D eigenvalue weighted by atomic mass is 10.1. The first-order chi connectivity index (χ1) is 8.41. The molecule has 18 heavy (non-hydrogen) atoms. The maximum atomic E-state index is 13.8. The van der Waals surface area contributed by atoms with Crippen LogP contribution in [0.2, 0.25) is 5.02 Å². The highest BCUT2D eigenvalue weighted by Crippen LogP contribution is 2.39. The molecule has 0 aliphatic rings. The summed E-state index contributed by atoms with van der Waals surface area (Å²) in [5.41, 5.74) is 6.76. The van der Waals surface area contributed by atoms with Crippen LogP contribution < -0.4 is 5.73 Å². The third-order valence-electron chi connectivity index (χ3n) is 2.56. The van der Waals surface area contributed by atoms with Gasteiger partial charge in [0.15, 0.2) is 0 Å². The SMILES string of the molecule is Cc1c(-c2ccc(Cl)cc2F)sc(C(=O)O)c1N. The number of benzene rings is 1. The van der Waals surface area contributed by atoms with Crippen molar-refractivity contribution in [1.82, 2.24) is 0 Å². The number of carbonyl (C=O) groups is 1. The highest BCUT2D eigenvalue weighted by Gasteiger charge is 2.20. The molecule has 0 spiro atoms. The van der Waals surface area contributed by atoms with Crippen LogP contribution in [0.1, 0.15) is 15.2 Å². The van der Waals surface area contributed by atoms with Crippen LogP contribution in [0.4, 0.5) is 10.1 Å². The van der Waals surface area contributed by atoms with Gasteiger partial charge in [0, 0.05) is 15.5 Å². The predicted molar refractivity (Wildman–Crippen MR) is 70.8 cm³/mol. The Morgan fingerprint density at radius 1 is 1.50 bits per heavy atom. The first kappa shape index (κ1) is 12.9. The van der Waals surface area contributed by atoms with Crippen molar-refractivity contribution >= 4 is 34.6 Å². The number of aromatic carboxylic acids is 1. The molecule has 1 aromatic carbocycles. The molecule has 2 aromatic rings. The molecule has 0 radical (unpaired) electrons. The predicted octanol–water partition coefficient (Wildman–Crippen LogP) is 3.80. The lowest BCUT2D eigenvalue weighted by Crippen LogP contribution is -1.97. The van der Waals surface area contributed by atoms with Gasteiger partial charge in [0.2, 0.25) is 0 Å². The van der Waals surface area contributed by atoms with E-state index in [-0.39, 0.29) is 15.6 Å². The third-order valence-corrected chi connectivity index (χ3v) is 4.13. The van der Waals surface area contributed by atoms with Gasteiger partial charge in [-0.1, -0.05) is 11.6 Å². The number of rotatable bonds is 2. The Hall–Kier alpha value is -1.59. The number of carboxylic acid groups (broad SMARTS) is 1. The topological polar surface area (TPSA) is 63.3 Å².